The monoisotopic (exact) mass is 336 g/mol. The second kappa shape index (κ2) is 5.48. The number of rotatable bonds is 2. The van der Waals surface area contributed by atoms with E-state index in [1.54, 1.807) is 18.2 Å². The zero-order valence-corrected chi connectivity index (χ0v) is 13.4. The minimum atomic E-state index is 0.0346. The Kier molecular flexibility index (Phi) is 4.12. The normalized spacial score (nSPS) is 10.6. The van der Waals surface area contributed by atoms with Crippen molar-refractivity contribution in [3.8, 4) is 0 Å². The zero-order valence-electron chi connectivity index (χ0n) is 11.1. The Labute approximate surface area is 126 Å². The molecule has 0 aliphatic rings. The van der Waals surface area contributed by atoms with Gasteiger partial charge < -0.3 is 0 Å². The predicted molar refractivity (Wildman–Crippen MR) is 83.2 cm³/mol. The molecule has 0 saturated carbocycles. The average molecular weight is 338 g/mol. The highest BCUT2D eigenvalue weighted by Gasteiger charge is 2.15. The van der Waals surface area contributed by atoms with Crippen LogP contribution < -0.4 is 0 Å². The van der Waals surface area contributed by atoms with Gasteiger partial charge in [0, 0.05) is 15.6 Å². The standard InChI is InChI=1S/C16H14BrClO/c1-9-6-10(2)15(11(3)7-9)16(19)12-4-5-14(18)13(17)8-12/h4-8H,1-3H3. The molecule has 0 unspecified atom stereocenters. The second-order valence-corrected chi connectivity index (χ2v) is 5.99. The van der Waals surface area contributed by atoms with Gasteiger partial charge in [0.05, 0.1) is 5.02 Å². The fraction of sp³-hybridized carbons (Fsp3) is 0.188. The summed E-state index contributed by atoms with van der Waals surface area (Å²) < 4.78 is 0.738. The lowest BCUT2D eigenvalue weighted by Crippen LogP contribution is -2.06. The molecule has 0 spiro atoms. The van der Waals surface area contributed by atoms with Crippen molar-refractivity contribution in [1.29, 1.82) is 0 Å². The summed E-state index contributed by atoms with van der Waals surface area (Å²) in [6.07, 6.45) is 0. The highest BCUT2D eigenvalue weighted by molar-refractivity contribution is 9.10. The maximum absolute atomic E-state index is 12.6. The summed E-state index contributed by atoms with van der Waals surface area (Å²) in [7, 11) is 0. The summed E-state index contributed by atoms with van der Waals surface area (Å²) in [5, 5.41) is 0.605. The minimum absolute atomic E-state index is 0.0346. The van der Waals surface area contributed by atoms with Gasteiger partial charge in [-0.15, -0.1) is 0 Å². The van der Waals surface area contributed by atoms with E-state index in [1.807, 2.05) is 32.9 Å². The van der Waals surface area contributed by atoms with Gasteiger partial charge in [-0.2, -0.15) is 0 Å². The van der Waals surface area contributed by atoms with Crippen LogP contribution in [0.25, 0.3) is 0 Å². The Balaban J connectivity index is 2.53. The van der Waals surface area contributed by atoms with Crippen LogP contribution in [0.15, 0.2) is 34.8 Å². The largest absolute Gasteiger partial charge is 0.289 e. The summed E-state index contributed by atoms with van der Waals surface area (Å²) >= 11 is 9.31. The smallest absolute Gasteiger partial charge is 0.193 e. The van der Waals surface area contributed by atoms with Crippen molar-refractivity contribution in [2.75, 3.05) is 0 Å². The molecular weight excluding hydrogens is 324 g/mol. The molecule has 3 heteroatoms. The van der Waals surface area contributed by atoms with E-state index < -0.39 is 0 Å². The van der Waals surface area contributed by atoms with E-state index >= 15 is 0 Å². The Morgan fingerprint density at radius 3 is 2.16 bits per heavy atom. The van der Waals surface area contributed by atoms with Crippen molar-refractivity contribution < 1.29 is 4.79 Å². The Bertz CT molecular complexity index is 639. The third kappa shape index (κ3) is 2.90. The molecule has 2 aromatic carbocycles. The van der Waals surface area contributed by atoms with E-state index in [-0.39, 0.29) is 5.78 Å². The van der Waals surface area contributed by atoms with Crippen molar-refractivity contribution >= 4 is 33.3 Å². The molecular formula is C16H14BrClO. The van der Waals surface area contributed by atoms with E-state index in [2.05, 4.69) is 15.9 Å². The van der Waals surface area contributed by atoms with Gasteiger partial charge in [-0.25, -0.2) is 0 Å². The van der Waals surface area contributed by atoms with Crippen LogP contribution in [-0.4, -0.2) is 5.78 Å². The molecule has 0 heterocycles. The van der Waals surface area contributed by atoms with Crippen LogP contribution in [0.5, 0.6) is 0 Å². The highest BCUT2D eigenvalue weighted by Crippen LogP contribution is 2.26. The summed E-state index contributed by atoms with van der Waals surface area (Å²) in [4.78, 5) is 12.6. The Morgan fingerprint density at radius 1 is 1.05 bits per heavy atom. The number of halogens is 2. The summed E-state index contributed by atoms with van der Waals surface area (Å²) in [5.41, 5.74) is 4.61. The molecule has 0 aliphatic heterocycles. The minimum Gasteiger partial charge on any atom is -0.289 e. The molecule has 2 aromatic rings. The van der Waals surface area contributed by atoms with Gasteiger partial charge in [0.2, 0.25) is 0 Å². The first kappa shape index (κ1) is 14.3. The number of carbonyl (C=O) groups excluding carboxylic acids is 1. The van der Waals surface area contributed by atoms with Crippen molar-refractivity contribution in [2.24, 2.45) is 0 Å². The molecule has 0 bridgehead atoms. The number of benzene rings is 2. The number of hydrogen-bond acceptors (Lipinski definition) is 1. The maximum atomic E-state index is 12.6. The molecule has 0 aromatic heterocycles. The van der Waals surface area contributed by atoms with Crippen LogP contribution >= 0.6 is 27.5 Å². The lowest BCUT2D eigenvalue weighted by atomic mass is 9.93. The molecule has 2 rings (SSSR count). The van der Waals surface area contributed by atoms with Crippen molar-refractivity contribution in [3.05, 3.63) is 67.6 Å². The molecule has 19 heavy (non-hydrogen) atoms. The van der Waals surface area contributed by atoms with Gasteiger partial charge in [-0.05, 0) is 66.0 Å². The summed E-state index contributed by atoms with van der Waals surface area (Å²) in [5.74, 6) is 0.0346. The Morgan fingerprint density at radius 2 is 1.63 bits per heavy atom. The average Bonchev–Trinajstić information content (AvgIpc) is 2.31. The molecule has 1 nitrogen and oxygen atoms in total. The third-order valence-electron chi connectivity index (χ3n) is 3.09. The zero-order chi connectivity index (χ0) is 14.2. The lowest BCUT2D eigenvalue weighted by molar-refractivity contribution is 0.103. The Hall–Kier alpha value is -1.12. The fourth-order valence-corrected chi connectivity index (χ4v) is 2.82. The number of hydrogen-bond donors (Lipinski definition) is 0. The molecule has 0 fully saturated rings. The van der Waals surface area contributed by atoms with Gasteiger partial charge in [-0.3, -0.25) is 4.79 Å². The predicted octanol–water partition coefficient (Wildman–Crippen LogP) is 5.26. The van der Waals surface area contributed by atoms with Crippen LogP contribution in [0.4, 0.5) is 0 Å². The van der Waals surface area contributed by atoms with Gasteiger partial charge in [0.15, 0.2) is 5.78 Å². The molecule has 0 saturated heterocycles. The number of aryl methyl sites for hydroxylation is 3. The van der Waals surface area contributed by atoms with E-state index in [0.29, 0.717) is 10.6 Å². The van der Waals surface area contributed by atoms with Crippen molar-refractivity contribution in [1.82, 2.24) is 0 Å². The first-order chi connectivity index (χ1) is 8.90. The molecule has 0 aliphatic carbocycles. The van der Waals surface area contributed by atoms with Gasteiger partial charge in [0.25, 0.3) is 0 Å². The summed E-state index contributed by atoms with van der Waals surface area (Å²) in [6, 6.07) is 9.33. The van der Waals surface area contributed by atoms with E-state index in [1.165, 1.54) is 5.56 Å². The summed E-state index contributed by atoms with van der Waals surface area (Å²) in [6.45, 7) is 5.98. The lowest BCUT2D eigenvalue weighted by Gasteiger charge is -2.11. The number of carbonyl (C=O) groups is 1. The van der Waals surface area contributed by atoms with E-state index in [9.17, 15) is 4.79 Å². The molecule has 0 atom stereocenters. The van der Waals surface area contributed by atoms with Gasteiger partial charge in [0.1, 0.15) is 0 Å². The van der Waals surface area contributed by atoms with Crippen molar-refractivity contribution in [3.63, 3.8) is 0 Å². The molecule has 98 valence electrons. The molecule has 0 amide bonds. The first-order valence-corrected chi connectivity index (χ1v) is 7.15. The maximum Gasteiger partial charge on any atom is 0.193 e. The second-order valence-electron chi connectivity index (χ2n) is 4.73. The highest BCUT2D eigenvalue weighted by atomic mass is 79.9. The third-order valence-corrected chi connectivity index (χ3v) is 4.30. The quantitative estimate of drug-likeness (QED) is 0.683. The van der Waals surface area contributed by atoms with Crippen LogP contribution in [0.1, 0.15) is 32.6 Å². The number of ketones is 1. The van der Waals surface area contributed by atoms with Gasteiger partial charge >= 0.3 is 0 Å². The molecule has 0 radical (unpaired) electrons. The van der Waals surface area contributed by atoms with Crippen LogP contribution in [-0.2, 0) is 0 Å². The molecule has 0 N–H and O–H groups in total. The van der Waals surface area contributed by atoms with Crippen LogP contribution in [0, 0.1) is 20.8 Å². The SMILES string of the molecule is Cc1cc(C)c(C(=O)c2ccc(Cl)c(Br)c2)c(C)c1. The van der Waals surface area contributed by atoms with Crippen LogP contribution in [0.2, 0.25) is 5.02 Å². The van der Waals surface area contributed by atoms with Crippen LogP contribution in [0.3, 0.4) is 0 Å². The van der Waals surface area contributed by atoms with E-state index in [0.717, 1.165) is 21.2 Å². The fourth-order valence-electron chi connectivity index (χ4n) is 2.32. The van der Waals surface area contributed by atoms with Crippen molar-refractivity contribution in [2.45, 2.75) is 20.8 Å². The first-order valence-electron chi connectivity index (χ1n) is 5.97. The topological polar surface area (TPSA) is 17.1 Å². The van der Waals surface area contributed by atoms with Gasteiger partial charge in [-0.1, -0.05) is 29.3 Å². The van der Waals surface area contributed by atoms with E-state index in [4.69, 9.17) is 11.6 Å².